The van der Waals surface area contributed by atoms with Crippen molar-refractivity contribution in [3.8, 4) is 10.6 Å². The first-order valence-electron chi connectivity index (χ1n) is 4.97. The van der Waals surface area contributed by atoms with E-state index >= 15 is 0 Å². The van der Waals surface area contributed by atoms with Gasteiger partial charge in [0.1, 0.15) is 8.71 Å². The van der Waals surface area contributed by atoms with Crippen molar-refractivity contribution in [2.45, 2.75) is 0 Å². The molecule has 0 amide bonds. The molecule has 17 heavy (non-hydrogen) atoms. The van der Waals surface area contributed by atoms with Gasteiger partial charge in [-0.3, -0.25) is 4.79 Å². The van der Waals surface area contributed by atoms with Crippen LogP contribution in [-0.4, -0.2) is 9.97 Å². The van der Waals surface area contributed by atoms with Crippen LogP contribution in [0, 0.1) is 3.70 Å². The number of H-pyrrole nitrogens is 1. The van der Waals surface area contributed by atoms with E-state index in [1.54, 1.807) is 11.3 Å². The number of hydrogen-bond donors (Lipinski definition) is 1. The molecule has 1 aromatic carbocycles. The average molecular weight is 354 g/mol. The molecule has 3 rings (SSSR count). The number of nitrogens with one attached hydrogen (secondary N) is 1. The van der Waals surface area contributed by atoms with Crippen molar-refractivity contribution in [3.63, 3.8) is 0 Å². The number of aromatic nitrogens is 2. The molecule has 0 saturated heterocycles. The molecule has 0 aliphatic heterocycles. The minimum atomic E-state index is -0.0802. The molecule has 0 fully saturated rings. The van der Waals surface area contributed by atoms with Gasteiger partial charge >= 0.3 is 0 Å². The first kappa shape index (κ1) is 10.9. The van der Waals surface area contributed by atoms with Gasteiger partial charge in [0.15, 0.2) is 0 Å². The lowest BCUT2D eigenvalue weighted by Gasteiger charge is -2.00. The fourth-order valence-electron chi connectivity index (χ4n) is 1.67. The SMILES string of the molecule is O=c1ccc2ccc(-c3nc(I)cs3)cc2[nH]1. The average Bonchev–Trinajstić information content (AvgIpc) is 2.75. The van der Waals surface area contributed by atoms with Crippen LogP contribution in [0.2, 0.25) is 0 Å². The van der Waals surface area contributed by atoms with Gasteiger partial charge in [0, 0.05) is 22.5 Å². The van der Waals surface area contributed by atoms with Gasteiger partial charge in [-0.05, 0) is 40.1 Å². The molecule has 0 atom stereocenters. The van der Waals surface area contributed by atoms with E-state index in [1.807, 2.05) is 29.6 Å². The van der Waals surface area contributed by atoms with E-state index < -0.39 is 0 Å². The van der Waals surface area contributed by atoms with E-state index in [-0.39, 0.29) is 5.56 Å². The highest BCUT2D eigenvalue weighted by molar-refractivity contribution is 14.1. The van der Waals surface area contributed by atoms with Crippen LogP contribution in [0.5, 0.6) is 0 Å². The first-order valence-corrected chi connectivity index (χ1v) is 6.93. The standard InChI is InChI=1S/C12H7IN2OS/c13-10-6-17-12(15-10)8-2-1-7-3-4-11(16)14-9(7)5-8/h1-6H,(H,14,16). The molecular formula is C12H7IN2OS. The smallest absolute Gasteiger partial charge is 0.248 e. The number of halogens is 1. The molecular weight excluding hydrogens is 347 g/mol. The Hall–Kier alpha value is -1.21. The van der Waals surface area contributed by atoms with Gasteiger partial charge in [0.2, 0.25) is 5.56 Å². The van der Waals surface area contributed by atoms with Crippen LogP contribution < -0.4 is 5.56 Å². The predicted molar refractivity (Wildman–Crippen MR) is 78.4 cm³/mol. The highest BCUT2D eigenvalue weighted by Crippen LogP contribution is 2.26. The summed E-state index contributed by atoms with van der Waals surface area (Å²) in [5.74, 6) is 0. The van der Waals surface area contributed by atoms with Crippen LogP contribution >= 0.6 is 33.9 Å². The van der Waals surface area contributed by atoms with Crippen LogP contribution in [0.15, 0.2) is 40.5 Å². The molecule has 2 heterocycles. The van der Waals surface area contributed by atoms with E-state index in [1.165, 1.54) is 6.07 Å². The molecule has 2 aromatic heterocycles. The van der Waals surface area contributed by atoms with Crippen molar-refractivity contribution in [1.82, 2.24) is 9.97 Å². The summed E-state index contributed by atoms with van der Waals surface area (Å²) < 4.78 is 0.990. The Morgan fingerprint density at radius 3 is 2.82 bits per heavy atom. The molecule has 0 saturated carbocycles. The highest BCUT2D eigenvalue weighted by atomic mass is 127. The number of fused-ring (bicyclic) bond motifs is 1. The third-order valence-corrected chi connectivity index (χ3v) is 4.32. The lowest BCUT2D eigenvalue weighted by molar-refractivity contribution is 1.30. The Morgan fingerprint density at radius 2 is 2.06 bits per heavy atom. The molecule has 0 spiro atoms. The van der Waals surface area contributed by atoms with Gasteiger partial charge < -0.3 is 4.98 Å². The lowest BCUT2D eigenvalue weighted by Crippen LogP contribution is -2.02. The zero-order valence-corrected chi connectivity index (χ0v) is 11.6. The van der Waals surface area contributed by atoms with Gasteiger partial charge in [-0.2, -0.15) is 0 Å². The molecule has 84 valence electrons. The van der Waals surface area contributed by atoms with Crippen LogP contribution in [0.25, 0.3) is 21.5 Å². The van der Waals surface area contributed by atoms with Gasteiger partial charge in [0.25, 0.3) is 0 Å². The first-order chi connectivity index (χ1) is 8.22. The number of thiazole rings is 1. The van der Waals surface area contributed by atoms with Gasteiger partial charge in [-0.15, -0.1) is 11.3 Å². The summed E-state index contributed by atoms with van der Waals surface area (Å²) >= 11 is 3.80. The number of pyridine rings is 1. The number of benzene rings is 1. The third-order valence-electron chi connectivity index (χ3n) is 2.45. The minimum absolute atomic E-state index is 0.0802. The van der Waals surface area contributed by atoms with Gasteiger partial charge in [-0.1, -0.05) is 12.1 Å². The second-order valence-electron chi connectivity index (χ2n) is 3.60. The van der Waals surface area contributed by atoms with Crippen molar-refractivity contribution in [1.29, 1.82) is 0 Å². The molecule has 1 N–H and O–H groups in total. The number of aromatic amines is 1. The summed E-state index contributed by atoms with van der Waals surface area (Å²) in [6, 6.07) is 9.34. The normalized spacial score (nSPS) is 10.9. The maximum absolute atomic E-state index is 11.3. The summed E-state index contributed by atoms with van der Waals surface area (Å²) in [5.41, 5.74) is 1.80. The van der Waals surface area contributed by atoms with Gasteiger partial charge in [0.05, 0.1) is 0 Å². The van der Waals surface area contributed by atoms with Crippen molar-refractivity contribution < 1.29 is 0 Å². The third kappa shape index (κ3) is 2.12. The molecule has 0 radical (unpaired) electrons. The molecule has 0 aliphatic carbocycles. The van der Waals surface area contributed by atoms with E-state index in [9.17, 15) is 4.79 Å². The summed E-state index contributed by atoms with van der Waals surface area (Å²) in [4.78, 5) is 18.5. The van der Waals surface area contributed by atoms with Crippen LogP contribution in [-0.2, 0) is 0 Å². The number of hydrogen-bond acceptors (Lipinski definition) is 3. The summed E-state index contributed by atoms with van der Waals surface area (Å²) in [5, 5.41) is 4.01. The Morgan fingerprint density at radius 1 is 1.24 bits per heavy atom. The summed E-state index contributed by atoms with van der Waals surface area (Å²) in [6.45, 7) is 0. The van der Waals surface area contributed by atoms with Crippen molar-refractivity contribution >= 4 is 44.8 Å². The van der Waals surface area contributed by atoms with Crippen molar-refractivity contribution in [2.75, 3.05) is 0 Å². The zero-order chi connectivity index (χ0) is 11.8. The van der Waals surface area contributed by atoms with E-state index in [0.29, 0.717) is 0 Å². The molecule has 0 aliphatic rings. The van der Waals surface area contributed by atoms with E-state index in [4.69, 9.17) is 0 Å². The molecule has 3 nitrogen and oxygen atoms in total. The second-order valence-corrected chi connectivity index (χ2v) is 5.56. The van der Waals surface area contributed by atoms with Crippen LogP contribution in [0.3, 0.4) is 0 Å². The highest BCUT2D eigenvalue weighted by Gasteiger charge is 2.04. The van der Waals surface area contributed by atoms with Crippen molar-refractivity contribution in [2.24, 2.45) is 0 Å². The summed E-state index contributed by atoms with van der Waals surface area (Å²) in [6.07, 6.45) is 0. The maximum Gasteiger partial charge on any atom is 0.248 e. The number of rotatable bonds is 1. The molecule has 0 bridgehead atoms. The molecule has 5 heteroatoms. The Bertz CT molecular complexity index is 747. The maximum atomic E-state index is 11.3. The second kappa shape index (κ2) is 4.23. The monoisotopic (exact) mass is 354 g/mol. The predicted octanol–water partition coefficient (Wildman–Crippen LogP) is 3.26. The molecule has 0 unspecified atom stereocenters. The Labute approximate surface area is 115 Å². The fourth-order valence-corrected chi connectivity index (χ4v) is 3.13. The fraction of sp³-hybridized carbons (Fsp3) is 0. The largest absolute Gasteiger partial charge is 0.322 e. The topological polar surface area (TPSA) is 45.8 Å². The molecule has 3 aromatic rings. The summed E-state index contributed by atoms with van der Waals surface area (Å²) in [7, 11) is 0. The minimum Gasteiger partial charge on any atom is -0.322 e. The zero-order valence-electron chi connectivity index (χ0n) is 8.61. The van der Waals surface area contributed by atoms with Crippen LogP contribution in [0.1, 0.15) is 0 Å². The number of nitrogens with zero attached hydrogens (tertiary/aromatic N) is 1. The van der Waals surface area contributed by atoms with E-state index in [2.05, 4.69) is 32.6 Å². The quantitative estimate of drug-likeness (QED) is 0.682. The van der Waals surface area contributed by atoms with Gasteiger partial charge in [-0.25, -0.2) is 4.98 Å². The Balaban J connectivity index is 2.22. The van der Waals surface area contributed by atoms with E-state index in [0.717, 1.165) is 25.2 Å². The van der Waals surface area contributed by atoms with Crippen molar-refractivity contribution in [3.05, 3.63) is 49.8 Å². The Kier molecular flexibility index (Phi) is 2.71. The lowest BCUT2D eigenvalue weighted by atomic mass is 10.1. The van der Waals surface area contributed by atoms with Crippen LogP contribution in [0.4, 0.5) is 0 Å².